The molecule has 8 heteroatoms. The standard InChI is InChI=1S/C25H25FN4O3/c1-16-19(12-13-23(31)27-15-17-8-10-18(26)11-9-17)25(32)30-24(29(16)2)14-21(28-30)20-6-4-5-7-22(20)33-3/h4-11,14H,12-13,15H2,1-3H3,(H,27,31). The Morgan fingerprint density at radius 3 is 2.61 bits per heavy atom. The third-order valence-corrected chi connectivity index (χ3v) is 5.81. The van der Waals surface area contributed by atoms with Crippen LogP contribution in [0.25, 0.3) is 16.9 Å². The number of rotatable bonds is 7. The number of para-hydroxylation sites is 1. The molecule has 0 aliphatic heterocycles. The molecular formula is C25H25FN4O3. The molecular weight excluding hydrogens is 423 g/mol. The molecule has 0 saturated heterocycles. The molecule has 0 atom stereocenters. The van der Waals surface area contributed by atoms with Crippen molar-refractivity contribution in [3.63, 3.8) is 0 Å². The van der Waals surface area contributed by atoms with Crippen molar-refractivity contribution in [1.82, 2.24) is 19.5 Å². The first-order valence-corrected chi connectivity index (χ1v) is 10.6. The molecule has 33 heavy (non-hydrogen) atoms. The number of aryl methyl sites for hydroxylation is 1. The van der Waals surface area contributed by atoms with E-state index in [1.54, 1.807) is 19.2 Å². The smallest absolute Gasteiger partial charge is 0.277 e. The number of hydrogen-bond donors (Lipinski definition) is 1. The number of ether oxygens (including phenoxy) is 1. The minimum Gasteiger partial charge on any atom is -0.496 e. The van der Waals surface area contributed by atoms with Crippen LogP contribution in [0.5, 0.6) is 5.75 Å². The predicted octanol–water partition coefficient (Wildman–Crippen LogP) is 3.41. The number of methoxy groups -OCH3 is 1. The van der Waals surface area contributed by atoms with E-state index in [9.17, 15) is 14.0 Å². The second kappa shape index (κ2) is 9.28. The van der Waals surface area contributed by atoms with Gasteiger partial charge in [0.25, 0.3) is 5.56 Å². The number of halogens is 1. The van der Waals surface area contributed by atoms with Gasteiger partial charge in [0.2, 0.25) is 5.91 Å². The highest BCUT2D eigenvalue weighted by Gasteiger charge is 2.18. The molecule has 0 bridgehead atoms. The number of benzene rings is 2. The molecule has 170 valence electrons. The van der Waals surface area contributed by atoms with E-state index in [4.69, 9.17) is 4.74 Å². The number of hydrogen-bond acceptors (Lipinski definition) is 4. The van der Waals surface area contributed by atoms with Crippen molar-refractivity contribution in [3.8, 4) is 17.0 Å². The van der Waals surface area contributed by atoms with Crippen molar-refractivity contribution in [2.24, 2.45) is 7.05 Å². The van der Waals surface area contributed by atoms with Crippen molar-refractivity contribution < 1.29 is 13.9 Å². The van der Waals surface area contributed by atoms with Gasteiger partial charge in [-0.3, -0.25) is 9.59 Å². The van der Waals surface area contributed by atoms with Crippen LogP contribution in [0, 0.1) is 12.7 Å². The molecule has 0 radical (unpaired) electrons. The zero-order chi connectivity index (χ0) is 23.5. The molecule has 2 aromatic carbocycles. The van der Waals surface area contributed by atoms with E-state index < -0.39 is 0 Å². The Bertz CT molecular complexity index is 1370. The highest BCUT2D eigenvalue weighted by Crippen LogP contribution is 2.29. The molecule has 0 fully saturated rings. The van der Waals surface area contributed by atoms with Crippen LogP contribution in [-0.2, 0) is 24.8 Å². The Balaban J connectivity index is 1.56. The van der Waals surface area contributed by atoms with Crippen LogP contribution in [0.3, 0.4) is 0 Å². The van der Waals surface area contributed by atoms with Crippen LogP contribution in [0.2, 0.25) is 0 Å². The summed E-state index contributed by atoms with van der Waals surface area (Å²) >= 11 is 0. The van der Waals surface area contributed by atoms with Crippen LogP contribution in [-0.4, -0.2) is 27.2 Å². The van der Waals surface area contributed by atoms with Crippen LogP contribution in [0.15, 0.2) is 59.4 Å². The summed E-state index contributed by atoms with van der Waals surface area (Å²) in [6, 6.07) is 15.3. The molecule has 4 aromatic rings. The fraction of sp³-hybridized carbons (Fsp3) is 0.240. The minimum absolute atomic E-state index is 0.156. The number of amides is 1. The van der Waals surface area contributed by atoms with Gasteiger partial charge in [0.1, 0.15) is 17.2 Å². The SMILES string of the molecule is COc1ccccc1-c1cc2n(C)c(C)c(CCC(=O)NCc3ccc(F)cc3)c(=O)n2n1. The predicted molar refractivity (Wildman–Crippen MR) is 124 cm³/mol. The highest BCUT2D eigenvalue weighted by molar-refractivity contribution is 5.76. The largest absolute Gasteiger partial charge is 0.496 e. The Morgan fingerprint density at radius 1 is 1.15 bits per heavy atom. The molecule has 4 rings (SSSR count). The van der Waals surface area contributed by atoms with Crippen LogP contribution in [0.4, 0.5) is 4.39 Å². The van der Waals surface area contributed by atoms with Gasteiger partial charge in [-0.2, -0.15) is 9.61 Å². The normalized spacial score (nSPS) is 11.0. The van der Waals surface area contributed by atoms with E-state index in [1.165, 1.54) is 16.6 Å². The summed E-state index contributed by atoms with van der Waals surface area (Å²) in [5.74, 6) is 0.168. The first kappa shape index (κ1) is 22.3. The lowest BCUT2D eigenvalue weighted by Crippen LogP contribution is -2.27. The average molecular weight is 448 g/mol. The van der Waals surface area contributed by atoms with Crippen LogP contribution >= 0.6 is 0 Å². The van der Waals surface area contributed by atoms with Crippen molar-refractivity contribution in [1.29, 1.82) is 0 Å². The molecule has 0 aliphatic rings. The zero-order valence-corrected chi connectivity index (χ0v) is 18.8. The van der Waals surface area contributed by atoms with Gasteiger partial charge in [0, 0.05) is 42.9 Å². The third-order valence-electron chi connectivity index (χ3n) is 5.81. The van der Waals surface area contributed by atoms with Crippen LogP contribution in [0.1, 0.15) is 23.2 Å². The van der Waals surface area contributed by atoms with Gasteiger partial charge in [-0.15, -0.1) is 0 Å². The van der Waals surface area contributed by atoms with Crippen LogP contribution < -0.4 is 15.6 Å². The van der Waals surface area contributed by atoms with E-state index in [1.807, 2.05) is 48.9 Å². The maximum Gasteiger partial charge on any atom is 0.277 e. The number of nitrogens with zero attached hydrogens (tertiary/aromatic N) is 3. The molecule has 0 spiro atoms. The van der Waals surface area contributed by atoms with Gasteiger partial charge in [-0.25, -0.2) is 4.39 Å². The minimum atomic E-state index is -0.320. The third kappa shape index (κ3) is 4.50. The quantitative estimate of drug-likeness (QED) is 0.470. The number of carbonyl (C=O) groups is 1. The molecule has 0 saturated carbocycles. The van der Waals surface area contributed by atoms with Gasteiger partial charge < -0.3 is 14.6 Å². The maximum absolute atomic E-state index is 13.2. The molecule has 1 amide bonds. The van der Waals surface area contributed by atoms with E-state index in [2.05, 4.69) is 10.4 Å². The maximum atomic E-state index is 13.2. The highest BCUT2D eigenvalue weighted by atomic mass is 19.1. The first-order chi connectivity index (χ1) is 15.9. The number of nitrogens with one attached hydrogen (secondary N) is 1. The van der Waals surface area contributed by atoms with E-state index >= 15 is 0 Å². The number of carbonyl (C=O) groups excluding carboxylic acids is 1. The molecule has 7 nitrogen and oxygen atoms in total. The second-order valence-corrected chi connectivity index (χ2v) is 7.83. The summed E-state index contributed by atoms with van der Waals surface area (Å²) in [6.45, 7) is 2.17. The topological polar surface area (TPSA) is 77.6 Å². The molecule has 0 aliphatic carbocycles. The molecule has 1 N–H and O–H groups in total. The Labute approximate surface area is 190 Å². The van der Waals surface area contributed by atoms with Crippen molar-refractivity contribution in [2.45, 2.75) is 26.3 Å². The lowest BCUT2D eigenvalue weighted by atomic mass is 10.1. The summed E-state index contributed by atoms with van der Waals surface area (Å²) in [5.41, 5.74) is 3.97. The van der Waals surface area contributed by atoms with Gasteiger partial charge in [0.15, 0.2) is 0 Å². The van der Waals surface area contributed by atoms with Crippen molar-refractivity contribution in [3.05, 3.63) is 87.6 Å². The number of fused-ring (bicyclic) bond motifs is 1. The monoisotopic (exact) mass is 448 g/mol. The Kier molecular flexibility index (Phi) is 6.26. The van der Waals surface area contributed by atoms with Gasteiger partial charge in [0.05, 0.1) is 12.8 Å². The lowest BCUT2D eigenvalue weighted by Gasteiger charge is -2.12. The zero-order valence-electron chi connectivity index (χ0n) is 18.8. The van der Waals surface area contributed by atoms with Crippen molar-refractivity contribution >= 4 is 11.6 Å². The summed E-state index contributed by atoms with van der Waals surface area (Å²) in [7, 11) is 3.47. The first-order valence-electron chi connectivity index (χ1n) is 10.6. The van der Waals surface area contributed by atoms with Gasteiger partial charge in [-0.1, -0.05) is 24.3 Å². The molecule has 2 heterocycles. The lowest BCUT2D eigenvalue weighted by molar-refractivity contribution is -0.121. The average Bonchev–Trinajstić information content (AvgIpc) is 3.28. The second-order valence-electron chi connectivity index (χ2n) is 7.83. The van der Waals surface area contributed by atoms with Crippen molar-refractivity contribution in [2.75, 3.05) is 7.11 Å². The molecule has 0 unspecified atom stereocenters. The van der Waals surface area contributed by atoms with Gasteiger partial charge in [-0.05, 0) is 43.2 Å². The fourth-order valence-electron chi connectivity index (χ4n) is 3.82. The Morgan fingerprint density at radius 2 is 1.88 bits per heavy atom. The summed E-state index contributed by atoms with van der Waals surface area (Å²) in [6.07, 6.45) is 0.441. The van der Waals surface area contributed by atoms with Gasteiger partial charge >= 0.3 is 0 Å². The van der Waals surface area contributed by atoms with E-state index in [-0.39, 0.29) is 30.1 Å². The molecule has 2 aromatic heterocycles. The summed E-state index contributed by atoms with van der Waals surface area (Å²) in [5, 5.41) is 7.35. The summed E-state index contributed by atoms with van der Waals surface area (Å²) in [4.78, 5) is 25.6. The Hall–Kier alpha value is -3.94. The number of aromatic nitrogens is 3. The van der Waals surface area contributed by atoms with E-state index in [0.29, 0.717) is 29.2 Å². The summed E-state index contributed by atoms with van der Waals surface area (Å²) < 4.78 is 21.7. The fourth-order valence-corrected chi connectivity index (χ4v) is 3.82. The van der Waals surface area contributed by atoms with E-state index in [0.717, 1.165) is 16.8 Å².